The highest BCUT2D eigenvalue weighted by Gasteiger charge is 2.29. The van der Waals surface area contributed by atoms with Crippen molar-refractivity contribution in [2.45, 2.75) is 25.9 Å². The Morgan fingerprint density at radius 3 is 3.19 bits per heavy atom. The number of nitrogens with one attached hydrogen (secondary N) is 2. The lowest BCUT2D eigenvalue weighted by atomic mass is 10.2. The molecule has 7 heteroatoms. The maximum Gasteiger partial charge on any atom is 0.239 e. The molecule has 1 aromatic heterocycles. The zero-order valence-electron chi connectivity index (χ0n) is 12.3. The van der Waals surface area contributed by atoms with E-state index in [0.29, 0.717) is 38.7 Å². The summed E-state index contributed by atoms with van der Waals surface area (Å²) in [5, 5.41) is 2.93. The Bertz CT molecular complexity index is 468. The van der Waals surface area contributed by atoms with Gasteiger partial charge in [-0.3, -0.25) is 9.69 Å². The number of pyridine rings is 1. The molecule has 21 heavy (non-hydrogen) atoms. The van der Waals surface area contributed by atoms with Crippen molar-refractivity contribution in [3.63, 3.8) is 0 Å². The van der Waals surface area contributed by atoms with E-state index >= 15 is 0 Å². The van der Waals surface area contributed by atoms with Crippen LogP contribution in [0.5, 0.6) is 0 Å². The molecule has 1 unspecified atom stereocenters. The Kier molecular flexibility index (Phi) is 5.91. The molecule has 0 aliphatic carbocycles. The number of carbonyl (C=O) groups excluding carboxylic acids is 1. The van der Waals surface area contributed by atoms with Crippen molar-refractivity contribution in [2.75, 3.05) is 31.7 Å². The van der Waals surface area contributed by atoms with Gasteiger partial charge in [0.25, 0.3) is 0 Å². The molecule has 0 spiro atoms. The first-order valence-corrected chi connectivity index (χ1v) is 7.26. The summed E-state index contributed by atoms with van der Waals surface area (Å²) in [6.45, 7) is 5.09. The highest BCUT2D eigenvalue weighted by molar-refractivity contribution is 5.82. The van der Waals surface area contributed by atoms with Crippen LogP contribution >= 0.6 is 0 Å². The molecule has 1 amide bonds. The van der Waals surface area contributed by atoms with Gasteiger partial charge in [-0.2, -0.15) is 0 Å². The number of amides is 1. The highest BCUT2D eigenvalue weighted by Crippen LogP contribution is 2.13. The highest BCUT2D eigenvalue weighted by atomic mass is 16.5. The van der Waals surface area contributed by atoms with Crippen molar-refractivity contribution in [1.82, 2.24) is 15.2 Å². The van der Waals surface area contributed by atoms with Gasteiger partial charge in [0.05, 0.1) is 18.9 Å². The number of ether oxygens (including phenoxy) is 1. The van der Waals surface area contributed by atoms with Crippen LogP contribution in [-0.4, -0.2) is 48.1 Å². The molecule has 7 nitrogen and oxygen atoms in total. The van der Waals surface area contributed by atoms with Gasteiger partial charge in [-0.15, -0.1) is 0 Å². The van der Waals surface area contributed by atoms with Crippen molar-refractivity contribution in [3.05, 3.63) is 23.9 Å². The van der Waals surface area contributed by atoms with Gasteiger partial charge in [-0.1, -0.05) is 13.0 Å². The van der Waals surface area contributed by atoms with Gasteiger partial charge < -0.3 is 15.5 Å². The van der Waals surface area contributed by atoms with Crippen molar-refractivity contribution < 1.29 is 9.53 Å². The van der Waals surface area contributed by atoms with Gasteiger partial charge in [-0.05, 0) is 18.6 Å². The summed E-state index contributed by atoms with van der Waals surface area (Å²) in [6.07, 6.45) is 0.922. The van der Waals surface area contributed by atoms with E-state index in [1.165, 1.54) is 0 Å². The van der Waals surface area contributed by atoms with Crippen LogP contribution in [0.1, 0.15) is 19.0 Å². The molecule has 1 atom stereocenters. The summed E-state index contributed by atoms with van der Waals surface area (Å²) in [5.41, 5.74) is 3.41. The molecular formula is C14H23N5O2. The predicted octanol–water partition coefficient (Wildman–Crippen LogP) is 0.0942. The minimum atomic E-state index is -0.262. The first-order chi connectivity index (χ1) is 10.2. The number of anilines is 1. The maximum absolute atomic E-state index is 12.2. The number of carbonyl (C=O) groups is 1. The largest absolute Gasteiger partial charge is 0.378 e. The van der Waals surface area contributed by atoms with Crippen LogP contribution in [0.15, 0.2) is 18.2 Å². The van der Waals surface area contributed by atoms with E-state index in [0.717, 1.165) is 12.1 Å². The second-order valence-electron chi connectivity index (χ2n) is 5.01. The fraction of sp³-hybridized carbons (Fsp3) is 0.571. The van der Waals surface area contributed by atoms with Crippen molar-refractivity contribution in [1.29, 1.82) is 0 Å². The van der Waals surface area contributed by atoms with Gasteiger partial charge in [0.1, 0.15) is 11.9 Å². The predicted molar refractivity (Wildman–Crippen MR) is 80.4 cm³/mol. The summed E-state index contributed by atoms with van der Waals surface area (Å²) in [7, 11) is 0. The Balaban J connectivity index is 2.02. The molecule has 0 saturated carbocycles. The van der Waals surface area contributed by atoms with E-state index in [-0.39, 0.29) is 11.9 Å². The molecule has 1 aliphatic heterocycles. The molecule has 1 aromatic rings. The van der Waals surface area contributed by atoms with E-state index < -0.39 is 0 Å². The number of hydrazine groups is 1. The molecule has 0 radical (unpaired) electrons. The monoisotopic (exact) mass is 293 g/mol. The third-order valence-corrected chi connectivity index (χ3v) is 3.41. The van der Waals surface area contributed by atoms with E-state index in [4.69, 9.17) is 10.6 Å². The second kappa shape index (κ2) is 7.92. The van der Waals surface area contributed by atoms with Gasteiger partial charge in [0.2, 0.25) is 5.91 Å². The third-order valence-electron chi connectivity index (χ3n) is 3.41. The van der Waals surface area contributed by atoms with Crippen LogP contribution in [-0.2, 0) is 16.1 Å². The quantitative estimate of drug-likeness (QED) is 0.509. The zero-order chi connectivity index (χ0) is 15.1. The average Bonchev–Trinajstić information content (AvgIpc) is 2.53. The first-order valence-electron chi connectivity index (χ1n) is 7.26. The number of morpholine rings is 1. The van der Waals surface area contributed by atoms with E-state index in [2.05, 4.69) is 20.6 Å². The topological polar surface area (TPSA) is 92.5 Å². The van der Waals surface area contributed by atoms with Gasteiger partial charge in [0, 0.05) is 19.6 Å². The van der Waals surface area contributed by atoms with Crippen molar-refractivity contribution in [3.8, 4) is 0 Å². The van der Waals surface area contributed by atoms with Crippen LogP contribution in [0.3, 0.4) is 0 Å². The second-order valence-corrected chi connectivity index (χ2v) is 5.01. The average molecular weight is 293 g/mol. The lowest BCUT2D eigenvalue weighted by Crippen LogP contribution is -2.53. The summed E-state index contributed by atoms with van der Waals surface area (Å²) in [6, 6.07) is 5.36. The lowest BCUT2D eigenvalue weighted by Gasteiger charge is -2.34. The maximum atomic E-state index is 12.2. The number of hydrogen-bond acceptors (Lipinski definition) is 6. The fourth-order valence-corrected chi connectivity index (χ4v) is 2.29. The number of hydrogen-bond donors (Lipinski definition) is 3. The summed E-state index contributed by atoms with van der Waals surface area (Å²) in [5.74, 6) is 6.01. The molecule has 1 aliphatic rings. The molecular weight excluding hydrogens is 270 g/mol. The number of nitrogens with two attached hydrogens (primary N) is 1. The van der Waals surface area contributed by atoms with E-state index in [1.807, 2.05) is 19.1 Å². The number of rotatable bonds is 6. The standard InChI is InChI=1S/C14H23N5O2/c1-2-6-16-14(20)12-10-21-8-7-19(12)9-11-4-3-5-13(17-11)18-15/h3-5,12H,2,6-10,15H2,1H3,(H,16,20)(H,17,18). The molecule has 1 saturated heterocycles. The van der Waals surface area contributed by atoms with E-state index in [1.54, 1.807) is 6.07 Å². The van der Waals surface area contributed by atoms with Gasteiger partial charge >= 0.3 is 0 Å². The minimum absolute atomic E-state index is 0.0182. The molecule has 2 rings (SSSR count). The van der Waals surface area contributed by atoms with Gasteiger partial charge in [0.15, 0.2) is 0 Å². The minimum Gasteiger partial charge on any atom is -0.378 e. The lowest BCUT2D eigenvalue weighted by molar-refractivity contribution is -0.133. The molecule has 116 valence electrons. The Labute approximate surface area is 124 Å². The number of aromatic nitrogens is 1. The van der Waals surface area contributed by atoms with Crippen LogP contribution in [0.2, 0.25) is 0 Å². The number of nitrogen functional groups attached to an aromatic ring is 1. The normalized spacial score (nSPS) is 19.2. The SMILES string of the molecule is CCCNC(=O)C1COCCN1Cc1cccc(NN)n1. The molecule has 4 N–H and O–H groups in total. The number of nitrogens with zero attached hydrogens (tertiary/aromatic N) is 2. The molecule has 2 heterocycles. The van der Waals surface area contributed by atoms with Gasteiger partial charge in [-0.25, -0.2) is 10.8 Å². The summed E-state index contributed by atoms with van der Waals surface area (Å²) >= 11 is 0. The Hall–Kier alpha value is -1.70. The summed E-state index contributed by atoms with van der Waals surface area (Å²) < 4.78 is 5.44. The Morgan fingerprint density at radius 2 is 2.43 bits per heavy atom. The van der Waals surface area contributed by atoms with Crippen molar-refractivity contribution >= 4 is 11.7 Å². The van der Waals surface area contributed by atoms with Crippen LogP contribution in [0.4, 0.5) is 5.82 Å². The smallest absolute Gasteiger partial charge is 0.239 e. The third kappa shape index (κ3) is 4.38. The summed E-state index contributed by atoms with van der Waals surface area (Å²) in [4.78, 5) is 18.7. The van der Waals surface area contributed by atoms with Crippen molar-refractivity contribution in [2.24, 2.45) is 5.84 Å². The van der Waals surface area contributed by atoms with Crippen LogP contribution in [0.25, 0.3) is 0 Å². The first kappa shape index (κ1) is 15.7. The van der Waals surface area contributed by atoms with Crippen LogP contribution in [0, 0.1) is 0 Å². The fourth-order valence-electron chi connectivity index (χ4n) is 2.29. The molecule has 0 bridgehead atoms. The van der Waals surface area contributed by atoms with Crippen LogP contribution < -0.4 is 16.6 Å². The molecule has 0 aromatic carbocycles. The Morgan fingerprint density at radius 1 is 1.57 bits per heavy atom. The molecule has 1 fully saturated rings. The zero-order valence-corrected chi connectivity index (χ0v) is 12.3. The van der Waals surface area contributed by atoms with E-state index in [9.17, 15) is 4.79 Å².